The van der Waals surface area contributed by atoms with Gasteiger partial charge in [-0.15, -0.1) is 53.6 Å². The maximum absolute atomic E-state index is 8.85. The minimum atomic E-state index is -2.50. The van der Waals surface area contributed by atoms with Crippen LogP contribution in [0.4, 0.5) is 0 Å². The van der Waals surface area contributed by atoms with Crippen LogP contribution in [0.3, 0.4) is 0 Å². The van der Waals surface area contributed by atoms with E-state index in [0.717, 1.165) is 49.2 Å². The first-order valence-electron chi connectivity index (χ1n) is 20.7. The molecule has 0 aliphatic carbocycles. The first-order valence-corrected chi connectivity index (χ1v) is 16.7. The van der Waals surface area contributed by atoms with Crippen molar-refractivity contribution in [1.29, 1.82) is 0 Å². The van der Waals surface area contributed by atoms with Crippen LogP contribution >= 0.6 is 0 Å². The predicted molar refractivity (Wildman–Crippen MR) is 211 cm³/mol. The Morgan fingerprint density at radius 3 is 2.24 bits per heavy atom. The van der Waals surface area contributed by atoms with Crippen molar-refractivity contribution >= 4 is 43.5 Å². The van der Waals surface area contributed by atoms with Gasteiger partial charge in [0.1, 0.15) is 5.58 Å². The first kappa shape index (κ1) is 27.1. The number of hydrogen-bond donors (Lipinski definition) is 0. The van der Waals surface area contributed by atoms with Crippen LogP contribution in [0.25, 0.3) is 66.0 Å². The third-order valence-corrected chi connectivity index (χ3v) is 8.68. The topological polar surface area (TPSA) is 38.9 Å². The largest absolute Gasteiger partial charge is 0.501 e. The van der Waals surface area contributed by atoms with E-state index in [-0.39, 0.29) is 36.6 Å². The van der Waals surface area contributed by atoms with Crippen LogP contribution in [0, 0.1) is 31.3 Å². The Labute approximate surface area is 326 Å². The number of nitrogens with zero attached hydrogens (tertiary/aromatic N) is 2. The van der Waals surface area contributed by atoms with Crippen molar-refractivity contribution in [1.82, 2.24) is 9.97 Å². The molecule has 8 rings (SSSR count). The van der Waals surface area contributed by atoms with E-state index < -0.39 is 25.5 Å². The van der Waals surface area contributed by atoms with Gasteiger partial charge < -0.3 is 14.4 Å². The third kappa shape index (κ3) is 7.69. The van der Waals surface area contributed by atoms with Gasteiger partial charge in [0.2, 0.25) is 0 Å². The smallest absolute Gasteiger partial charge is 0.121 e. The Hall–Kier alpha value is -4.63. The van der Waals surface area contributed by atoms with Crippen LogP contribution in [0.1, 0.15) is 74.8 Å². The van der Waals surface area contributed by atoms with Crippen molar-refractivity contribution in [3.63, 3.8) is 0 Å². The second-order valence-electron chi connectivity index (χ2n) is 14.7. The molecular formula is C47H44IrN2O-2. The van der Waals surface area contributed by atoms with Crippen LogP contribution < -0.4 is 0 Å². The molecule has 259 valence electrons. The molecule has 0 aliphatic rings. The molecule has 0 bridgehead atoms. The molecule has 51 heavy (non-hydrogen) atoms. The quantitative estimate of drug-likeness (QED) is 0.131. The third-order valence-electron chi connectivity index (χ3n) is 8.68. The number of rotatable bonds is 3. The van der Waals surface area contributed by atoms with Crippen molar-refractivity contribution in [2.75, 3.05) is 0 Å². The van der Waals surface area contributed by atoms with Crippen molar-refractivity contribution in [2.24, 2.45) is 5.41 Å². The summed E-state index contributed by atoms with van der Waals surface area (Å²) in [6, 6.07) is 37.0. The van der Waals surface area contributed by atoms with E-state index in [0.29, 0.717) is 22.4 Å². The molecule has 0 saturated carbocycles. The van der Waals surface area contributed by atoms with E-state index in [1.807, 2.05) is 36.5 Å². The van der Waals surface area contributed by atoms with Gasteiger partial charge in [-0.25, -0.2) is 0 Å². The Balaban J connectivity index is 0.000000236. The zero-order chi connectivity index (χ0) is 42.0. The van der Waals surface area contributed by atoms with Crippen LogP contribution in [0.2, 0.25) is 0 Å². The maximum Gasteiger partial charge on any atom is 0.121 e. The van der Waals surface area contributed by atoms with Gasteiger partial charge in [0.25, 0.3) is 0 Å². The molecule has 0 unspecified atom stereocenters. The second kappa shape index (κ2) is 14.2. The molecule has 0 atom stereocenters. The molecule has 0 spiro atoms. The van der Waals surface area contributed by atoms with Gasteiger partial charge in [-0.1, -0.05) is 120 Å². The van der Waals surface area contributed by atoms with Crippen molar-refractivity contribution in [2.45, 2.75) is 67.0 Å². The average molecular weight is 853 g/mol. The molecular weight excluding hydrogens is 801 g/mol. The fourth-order valence-corrected chi connectivity index (χ4v) is 6.11. The second-order valence-corrected chi connectivity index (χ2v) is 14.7. The summed E-state index contributed by atoms with van der Waals surface area (Å²) < 4.78 is 70.2. The molecule has 5 aromatic carbocycles. The number of pyridine rings is 2. The Bertz CT molecular complexity index is 2740. The summed E-state index contributed by atoms with van der Waals surface area (Å²) in [5.74, 6) is 0. The van der Waals surface area contributed by atoms with Crippen LogP contribution in [-0.2, 0) is 31.9 Å². The zero-order valence-electron chi connectivity index (χ0n) is 37.5. The van der Waals surface area contributed by atoms with Crippen LogP contribution in [0.5, 0.6) is 0 Å². The number of furan rings is 1. The van der Waals surface area contributed by atoms with Crippen LogP contribution in [-0.4, -0.2) is 9.97 Å². The van der Waals surface area contributed by atoms with Gasteiger partial charge in [0.15, 0.2) is 0 Å². The Kier molecular flexibility index (Phi) is 7.53. The summed E-state index contributed by atoms with van der Waals surface area (Å²) in [4.78, 5) is 8.91. The summed E-state index contributed by atoms with van der Waals surface area (Å²) in [7, 11) is 0. The van der Waals surface area contributed by atoms with Crippen LogP contribution in [0.15, 0.2) is 114 Å². The molecule has 0 fully saturated rings. The molecule has 4 heteroatoms. The first-order chi connectivity index (χ1) is 27.0. The molecule has 3 nitrogen and oxygen atoms in total. The number of fused-ring (bicyclic) bond motifs is 6. The minimum Gasteiger partial charge on any atom is -0.501 e. The van der Waals surface area contributed by atoms with Gasteiger partial charge in [-0.2, -0.15) is 0 Å². The molecule has 3 heterocycles. The van der Waals surface area contributed by atoms with Gasteiger partial charge in [-0.05, 0) is 80.2 Å². The Morgan fingerprint density at radius 1 is 0.725 bits per heavy atom. The summed E-state index contributed by atoms with van der Waals surface area (Å²) in [6.45, 7) is 7.11. The molecule has 3 aromatic heterocycles. The monoisotopic (exact) mass is 853 g/mol. The molecule has 0 saturated heterocycles. The maximum atomic E-state index is 8.85. The zero-order valence-corrected chi connectivity index (χ0v) is 31.9. The molecule has 0 aliphatic heterocycles. The minimum absolute atomic E-state index is 0. The number of hydrogen-bond acceptors (Lipinski definition) is 3. The van der Waals surface area contributed by atoms with E-state index in [9.17, 15) is 0 Å². The van der Waals surface area contributed by atoms with Gasteiger partial charge in [0, 0.05) is 48.9 Å². The SMILES string of the molecule is [2H]C([2H])([2H])c1c[c-]c(-c2ccc(C(C)(C)C)cn2)cc1.[2H]C([2H])([2H])c1cnc(-c2[c-]ccc3c2oc2cc4c(ccc5ccccc54)cc23)cc1C([2H])([2H])C(C)(C)C.[Ir]. The van der Waals surface area contributed by atoms with Gasteiger partial charge >= 0.3 is 0 Å². The summed E-state index contributed by atoms with van der Waals surface area (Å²) in [6.07, 6.45) is 1.22. The molecule has 0 amide bonds. The standard InChI is InChI=1S/C31H26NO.C16H18N.Ir/c1-19-18-32-28(15-22(19)17-31(2,3)4)25-11-7-10-24-27-14-21-13-12-20-8-5-6-9-23(20)26(21)16-29(27)33-30(24)25;1-12-5-7-13(8-6-12)15-10-9-14(11-17-15)16(2,3)4;/h5-10,12-16,18H,17H2,1-4H3;5-7,9-11H,1-4H3;/q2*-1;/i1D3,17D2;1D3;. The normalized spacial score (nSPS) is 14.9. The van der Waals surface area contributed by atoms with E-state index in [4.69, 9.17) is 15.4 Å². The van der Waals surface area contributed by atoms with Gasteiger partial charge in [-0.3, -0.25) is 0 Å². The molecule has 8 aromatic rings. The predicted octanol–water partition coefficient (Wildman–Crippen LogP) is 12.8. The number of aromatic nitrogens is 2. The number of benzene rings is 5. The molecule has 1 radical (unpaired) electrons. The fourth-order valence-electron chi connectivity index (χ4n) is 6.11. The van der Waals surface area contributed by atoms with Gasteiger partial charge in [0.05, 0.1) is 5.58 Å². The van der Waals surface area contributed by atoms with Crippen molar-refractivity contribution in [3.05, 3.63) is 144 Å². The van der Waals surface area contributed by atoms with E-state index in [1.54, 1.807) is 45.0 Å². The van der Waals surface area contributed by atoms with E-state index in [1.165, 1.54) is 17.8 Å². The number of aryl methyl sites for hydroxylation is 2. The fraction of sp³-hybridized carbons (Fsp3) is 0.234. The summed E-state index contributed by atoms with van der Waals surface area (Å²) in [5.41, 5.74) is 4.61. The van der Waals surface area contributed by atoms with Crippen molar-refractivity contribution < 1.29 is 35.5 Å². The van der Waals surface area contributed by atoms with E-state index >= 15 is 0 Å². The molecule has 0 N–H and O–H groups in total. The Morgan fingerprint density at radius 2 is 1.53 bits per heavy atom. The summed E-state index contributed by atoms with van der Waals surface area (Å²) >= 11 is 0. The summed E-state index contributed by atoms with van der Waals surface area (Å²) in [5, 5.41) is 6.36. The average Bonchev–Trinajstić information content (AvgIpc) is 3.53. The van der Waals surface area contributed by atoms with E-state index in [2.05, 4.69) is 79.3 Å². The van der Waals surface area contributed by atoms with Crippen molar-refractivity contribution in [3.8, 4) is 22.5 Å².